The summed E-state index contributed by atoms with van der Waals surface area (Å²) in [6.45, 7) is -0.294. The molecule has 0 aliphatic carbocycles. The number of aliphatic hydroxyl groups excluding tert-OH is 1. The molecule has 1 N–H and O–H groups in total. The Morgan fingerprint density at radius 3 is 2.21 bits per heavy atom. The molecule has 120 valence electrons. The number of rotatable bonds is 5. The maximum atomic E-state index is 11.6. The maximum Gasteiger partial charge on any atom is 0.339 e. The number of ether oxygens (including phenoxy) is 1. The van der Waals surface area contributed by atoms with Gasteiger partial charge in [0.05, 0.1) is 12.2 Å². The summed E-state index contributed by atoms with van der Waals surface area (Å²) in [4.78, 5) is 19.8. The number of nitrogens with zero attached hydrogens (tertiary/aromatic N) is 6. The highest BCUT2D eigenvalue weighted by atomic mass is 16.5. The van der Waals surface area contributed by atoms with E-state index in [1.165, 1.54) is 12.3 Å². The standard InChI is InChI=1S/C15H12N6O3/c22-7-8-24-15(23)10-4-5-12(17-9-10)14-20-18-13(19-21-14)11-3-1-2-6-16-11/h1-6,9,22H,7-8H2. The Hall–Kier alpha value is -3.33. The van der Waals surface area contributed by atoms with Crippen LogP contribution in [-0.4, -0.2) is 54.7 Å². The normalized spacial score (nSPS) is 10.4. The molecule has 0 saturated carbocycles. The van der Waals surface area contributed by atoms with Crippen molar-refractivity contribution in [2.24, 2.45) is 0 Å². The molecule has 24 heavy (non-hydrogen) atoms. The number of esters is 1. The van der Waals surface area contributed by atoms with Crippen LogP contribution in [0.1, 0.15) is 10.4 Å². The Bertz CT molecular complexity index is 809. The van der Waals surface area contributed by atoms with Crippen molar-refractivity contribution in [3.8, 4) is 23.0 Å². The van der Waals surface area contributed by atoms with Gasteiger partial charge in [0.25, 0.3) is 0 Å². The van der Waals surface area contributed by atoms with Gasteiger partial charge in [0.1, 0.15) is 18.0 Å². The minimum Gasteiger partial charge on any atom is -0.460 e. The summed E-state index contributed by atoms with van der Waals surface area (Å²) in [6, 6.07) is 8.45. The zero-order chi connectivity index (χ0) is 16.8. The molecule has 3 aromatic heterocycles. The molecule has 0 bridgehead atoms. The first-order chi connectivity index (χ1) is 11.8. The molecule has 0 saturated heterocycles. The lowest BCUT2D eigenvalue weighted by molar-refractivity contribution is 0.0433. The molecule has 0 unspecified atom stereocenters. The van der Waals surface area contributed by atoms with Gasteiger partial charge in [-0.25, -0.2) is 4.79 Å². The summed E-state index contributed by atoms with van der Waals surface area (Å²) in [5.74, 6) is -0.0284. The predicted octanol–water partition coefficient (Wildman–Crippen LogP) is 0.540. The van der Waals surface area contributed by atoms with Crippen LogP contribution in [0.5, 0.6) is 0 Å². The SMILES string of the molecule is O=C(OCCO)c1ccc(-c2nnc(-c3ccccn3)nn2)nc1. The number of pyridine rings is 2. The van der Waals surface area contributed by atoms with E-state index in [0.717, 1.165) is 0 Å². The number of carbonyl (C=O) groups excluding carboxylic acids is 1. The summed E-state index contributed by atoms with van der Waals surface area (Å²) in [5, 5.41) is 24.5. The number of carbonyl (C=O) groups is 1. The monoisotopic (exact) mass is 324 g/mol. The van der Waals surface area contributed by atoms with E-state index in [1.54, 1.807) is 24.4 Å². The minimum absolute atomic E-state index is 0.0630. The van der Waals surface area contributed by atoms with Crippen LogP contribution < -0.4 is 0 Å². The molecule has 0 aromatic carbocycles. The molecular weight excluding hydrogens is 312 g/mol. The first kappa shape index (κ1) is 15.6. The molecule has 9 heteroatoms. The van der Waals surface area contributed by atoms with Crippen LogP contribution >= 0.6 is 0 Å². The average Bonchev–Trinajstić information content (AvgIpc) is 2.67. The van der Waals surface area contributed by atoms with E-state index in [2.05, 4.69) is 30.4 Å². The highest BCUT2D eigenvalue weighted by Gasteiger charge is 2.11. The second-order valence-electron chi connectivity index (χ2n) is 4.55. The van der Waals surface area contributed by atoms with E-state index in [9.17, 15) is 4.79 Å². The van der Waals surface area contributed by atoms with Gasteiger partial charge in [0.15, 0.2) is 0 Å². The Labute approximate surface area is 136 Å². The van der Waals surface area contributed by atoms with E-state index < -0.39 is 5.97 Å². The van der Waals surface area contributed by atoms with Crippen molar-refractivity contribution >= 4 is 5.97 Å². The Morgan fingerprint density at radius 2 is 1.67 bits per heavy atom. The second kappa shape index (κ2) is 7.29. The summed E-state index contributed by atoms with van der Waals surface area (Å²) in [7, 11) is 0. The lowest BCUT2D eigenvalue weighted by Crippen LogP contribution is -2.09. The maximum absolute atomic E-state index is 11.6. The highest BCUT2D eigenvalue weighted by molar-refractivity contribution is 5.89. The summed E-state index contributed by atoms with van der Waals surface area (Å²) < 4.78 is 4.80. The van der Waals surface area contributed by atoms with Crippen LogP contribution in [0.3, 0.4) is 0 Å². The lowest BCUT2D eigenvalue weighted by atomic mass is 10.2. The lowest BCUT2D eigenvalue weighted by Gasteiger charge is -2.03. The average molecular weight is 324 g/mol. The molecule has 0 aliphatic rings. The Kier molecular flexibility index (Phi) is 4.73. The Balaban J connectivity index is 1.76. The molecule has 3 aromatic rings. The minimum atomic E-state index is -0.564. The van der Waals surface area contributed by atoms with Gasteiger partial charge in [-0.3, -0.25) is 9.97 Å². The molecule has 0 aliphatic heterocycles. The molecule has 3 rings (SSSR count). The fraction of sp³-hybridized carbons (Fsp3) is 0.133. The molecule has 0 radical (unpaired) electrons. The van der Waals surface area contributed by atoms with E-state index in [1.807, 2.05) is 6.07 Å². The molecule has 0 atom stereocenters. The zero-order valence-electron chi connectivity index (χ0n) is 12.4. The number of hydrogen-bond acceptors (Lipinski definition) is 9. The molecule has 0 fully saturated rings. The van der Waals surface area contributed by atoms with Gasteiger partial charge in [-0.05, 0) is 24.3 Å². The quantitative estimate of drug-likeness (QED) is 0.669. The summed E-state index contributed by atoms with van der Waals surface area (Å²) >= 11 is 0. The fourth-order valence-corrected chi connectivity index (χ4v) is 1.80. The van der Waals surface area contributed by atoms with Gasteiger partial charge in [-0.1, -0.05) is 6.07 Å². The van der Waals surface area contributed by atoms with Crippen molar-refractivity contribution in [1.82, 2.24) is 30.4 Å². The van der Waals surface area contributed by atoms with Crippen molar-refractivity contribution in [2.75, 3.05) is 13.2 Å². The molecule has 9 nitrogen and oxygen atoms in total. The molecule has 3 heterocycles. The first-order valence-corrected chi connectivity index (χ1v) is 7.01. The molecule has 0 amide bonds. The fourth-order valence-electron chi connectivity index (χ4n) is 1.80. The third kappa shape index (κ3) is 3.52. The largest absolute Gasteiger partial charge is 0.460 e. The number of aliphatic hydroxyl groups is 1. The predicted molar refractivity (Wildman–Crippen MR) is 81.5 cm³/mol. The van der Waals surface area contributed by atoms with Crippen molar-refractivity contribution in [3.63, 3.8) is 0 Å². The first-order valence-electron chi connectivity index (χ1n) is 7.01. The third-order valence-electron chi connectivity index (χ3n) is 2.93. The number of aromatic nitrogens is 6. The second-order valence-corrected chi connectivity index (χ2v) is 4.55. The zero-order valence-corrected chi connectivity index (χ0v) is 12.4. The van der Waals surface area contributed by atoms with Crippen LogP contribution in [0, 0.1) is 0 Å². The third-order valence-corrected chi connectivity index (χ3v) is 2.93. The van der Waals surface area contributed by atoms with Gasteiger partial charge < -0.3 is 9.84 Å². The van der Waals surface area contributed by atoms with Crippen LogP contribution in [0.2, 0.25) is 0 Å². The van der Waals surface area contributed by atoms with Crippen molar-refractivity contribution in [2.45, 2.75) is 0 Å². The molecule has 0 spiro atoms. The number of hydrogen-bond donors (Lipinski definition) is 1. The van der Waals surface area contributed by atoms with Gasteiger partial charge in [-0.15, -0.1) is 20.4 Å². The van der Waals surface area contributed by atoms with E-state index in [-0.39, 0.29) is 24.6 Å². The van der Waals surface area contributed by atoms with Crippen LogP contribution in [0.15, 0.2) is 42.7 Å². The van der Waals surface area contributed by atoms with Gasteiger partial charge in [0.2, 0.25) is 11.6 Å². The van der Waals surface area contributed by atoms with Crippen LogP contribution in [0.4, 0.5) is 0 Å². The smallest absolute Gasteiger partial charge is 0.339 e. The van der Waals surface area contributed by atoms with Gasteiger partial charge in [-0.2, -0.15) is 0 Å². The topological polar surface area (TPSA) is 124 Å². The van der Waals surface area contributed by atoms with Crippen LogP contribution in [0.25, 0.3) is 23.0 Å². The van der Waals surface area contributed by atoms with Gasteiger partial charge >= 0.3 is 5.97 Å². The van der Waals surface area contributed by atoms with E-state index >= 15 is 0 Å². The summed E-state index contributed by atoms with van der Waals surface area (Å²) in [6.07, 6.45) is 2.97. The molecular formula is C15H12N6O3. The highest BCUT2D eigenvalue weighted by Crippen LogP contribution is 2.13. The van der Waals surface area contributed by atoms with Crippen molar-refractivity contribution in [3.05, 3.63) is 48.3 Å². The van der Waals surface area contributed by atoms with Gasteiger partial charge in [0, 0.05) is 12.4 Å². The van der Waals surface area contributed by atoms with E-state index in [4.69, 9.17) is 9.84 Å². The Morgan fingerprint density at radius 1 is 0.958 bits per heavy atom. The van der Waals surface area contributed by atoms with Crippen molar-refractivity contribution < 1.29 is 14.6 Å². The van der Waals surface area contributed by atoms with Crippen LogP contribution in [-0.2, 0) is 4.74 Å². The van der Waals surface area contributed by atoms with Crippen molar-refractivity contribution in [1.29, 1.82) is 0 Å². The summed E-state index contributed by atoms with van der Waals surface area (Å²) in [5.41, 5.74) is 1.25. The van der Waals surface area contributed by atoms with E-state index in [0.29, 0.717) is 17.2 Å².